The van der Waals surface area contributed by atoms with Crippen LogP contribution in [0.4, 0.5) is 0 Å². The Hall–Kier alpha value is -1.37. The molecule has 0 saturated carbocycles. The van der Waals surface area contributed by atoms with Crippen molar-refractivity contribution in [3.05, 3.63) is 39.8 Å². The smallest absolute Gasteiger partial charge is 0.327 e. The summed E-state index contributed by atoms with van der Waals surface area (Å²) in [6.45, 7) is 3.69. The Bertz CT molecular complexity index is 690. The summed E-state index contributed by atoms with van der Waals surface area (Å²) in [6, 6.07) is 6.18. The van der Waals surface area contributed by atoms with Gasteiger partial charge in [-0.05, 0) is 23.6 Å². The molecule has 0 spiro atoms. The fraction of sp³-hybridized carbons (Fsp3) is 0.312. The molecule has 1 aliphatic rings. The van der Waals surface area contributed by atoms with E-state index in [1.54, 1.807) is 31.2 Å². The van der Waals surface area contributed by atoms with E-state index >= 15 is 0 Å². The maximum absolute atomic E-state index is 12.6. The summed E-state index contributed by atoms with van der Waals surface area (Å²) in [4.78, 5) is 25.8. The lowest BCUT2D eigenvalue weighted by molar-refractivity contribution is -0.147. The van der Waals surface area contributed by atoms with Crippen LogP contribution in [0.3, 0.4) is 0 Å². The third kappa shape index (κ3) is 3.76. The topological polar surface area (TPSA) is 57.6 Å². The Morgan fingerprint density at radius 2 is 2.13 bits per heavy atom. The van der Waals surface area contributed by atoms with Gasteiger partial charge in [0.2, 0.25) is 0 Å². The first-order valence-electron chi connectivity index (χ1n) is 7.11. The number of halogens is 1. The maximum atomic E-state index is 12.6. The lowest BCUT2D eigenvalue weighted by atomic mass is 9.98. The number of nitrogens with zero attached hydrogens (tertiary/aromatic N) is 1. The van der Waals surface area contributed by atoms with Crippen LogP contribution in [0, 0.1) is 5.92 Å². The number of carbonyl (C=O) groups excluding carboxylic acids is 1. The number of amides is 1. The third-order valence-corrected chi connectivity index (χ3v) is 5.40. The highest BCUT2D eigenvalue weighted by Gasteiger charge is 2.42. The molecule has 1 aromatic carbocycles. The van der Waals surface area contributed by atoms with Crippen LogP contribution in [0.15, 0.2) is 29.2 Å². The van der Waals surface area contributed by atoms with Crippen molar-refractivity contribution in [1.29, 1.82) is 0 Å². The van der Waals surface area contributed by atoms with E-state index in [0.717, 1.165) is 11.8 Å². The lowest BCUT2D eigenvalue weighted by Crippen LogP contribution is -2.47. The third-order valence-electron chi connectivity index (χ3n) is 3.73. The number of thioether (sulfide) groups is 1. The number of carbonyl (C=O) groups is 2. The number of carboxylic acid groups (broad SMARTS) is 1. The first kappa shape index (κ1) is 18.0. The standard InChI is InChI=1S/C16H16ClNO3S2/c1-3-9(2)13(15(20)21)18-14(19)12(23-16(18)22)8-10-6-4-5-7-11(10)17/h4-9,13H,3H2,1-2H3,(H,20,21)/b12-8-/t9-,13+/m0/s1. The minimum atomic E-state index is -1.05. The van der Waals surface area contributed by atoms with Crippen LogP contribution >= 0.6 is 35.6 Å². The summed E-state index contributed by atoms with van der Waals surface area (Å²) < 4.78 is 0.265. The van der Waals surface area contributed by atoms with Gasteiger partial charge in [-0.25, -0.2) is 4.79 Å². The van der Waals surface area contributed by atoms with Crippen molar-refractivity contribution in [2.45, 2.75) is 26.3 Å². The Labute approximate surface area is 149 Å². The number of benzene rings is 1. The van der Waals surface area contributed by atoms with Gasteiger partial charge < -0.3 is 5.11 Å². The van der Waals surface area contributed by atoms with E-state index < -0.39 is 12.0 Å². The molecule has 23 heavy (non-hydrogen) atoms. The molecule has 0 bridgehead atoms. The highest BCUT2D eigenvalue weighted by Crippen LogP contribution is 2.36. The molecule has 0 unspecified atom stereocenters. The molecule has 1 fully saturated rings. The molecule has 2 atom stereocenters. The van der Waals surface area contributed by atoms with Gasteiger partial charge in [-0.1, -0.05) is 74.0 Å². The van der Waals surface area contributed by atoms with Crippen molar-refractivity contribution < 1.29 is 14.7 Å². The molecule has 2 rings (SSSR count). The first-order chi connectivity index (χ1) is 10.9. The average Bonchev–Trinajstić information content (AvgIpc) is 2.77. The Kier molecular flexibility index (Phi) is 5.84. The van der Waals surface area contributed by atoms with Crippen LogP contribution in [0.1, 0.15) is 25.8 Å². The summed E-state index contributed by atoms with van der Waals surface area (Å²) in [5, 5.41) is 10.0. The van der Waals surface area contributed by atoms with Crippen molar-refractivity contribution >= 4 is 57.9 Å². The predicted molar refractivity (Wildman–Crippen MR) is 97.3 cm³/mol. The monoisotopic (exact) mass is 369 g/mol. The summed E-state index contributed by atoms with van der Waals surface area (Å²) in [6.07, 6.45) is 2.29. The quantitative estimate of drug-likeness (QED) is 0.627. The Morgan fingerprint density at radius 1 is 1.48 bits per heavy atom. The molecule has 1 N–H and O–H groups in total. The lowest BCUT2D eigenvalue weighted by Gasteiger charge is -2.27. The number of thiocarbonyl (C=S) groups is 1. The van der Waals surface area contributed by atoms with Crippen molar-refractivity contribution in [3.8, 4) is 0 Å². The van der Waals surface area contributed by atoms with Crippen LogP contribution < -0.4 is 0 Å². The Morgan fingerprint density at radius 3 is 2.70 bits per heavy atom. The molecular formula is C16H16ClNO3S2. The molecule has 7 heteroatoms. The molecular weight excluding hydrogens is 354 g/mol. The van der Waals surface area contributed by atoms with E-state index in [-0.39, 0.29) is 16.1 Å². The molecule has 0 aromatic heterocycles. The zero-order chi connectivity index (χ0) is 17.1. The molecule has 1 heterocycles. The van der Waals surface area contributed by atoms with Crippen LogP contribution in [0.5, 0.6) is 0 Å². The van der Waals surface area contributed by atoms with E-state index in [1.165, 1.54) is 4.90 Å². The molecule has 1 aromatic rings. The number of rotatable bonds is 5. The largest absolute Gasteiger partial charge is 0.480 e. The highest BCUT2D eigenvalue weighted by molar-refractivity contribution is 8.26. The highest BCUT2D eigenvalue weighted by atomic mass is 35.5. The second-order valence-corrected chi connectivity index (χ2v) is 7.32. The van der Waals surface area contributed by atoms with Gasteiger partial charge in [-0.3, -0.25) is 9.69 Å². The average molecular weight is 370 g/mol. The zero-order valence-corrected chi connectivity index (χ0v) is 15.0. The molecule has 1 saturated heterocycles. The van der Waals surface area contributed by atoms with Gasteiger partial charge in [-0.15, -0.1) is 0 Å². The second kappa shape index (κ2) is 7.47. The maximum Gasteiger partial charge on any atom is 0.327 e. The van der Waals surface area contributed by atoms with Crippen molar-refractivity contribution in [2.75, 3.05) is 0 Å². The van der Waals surface area contributed by atoms with Gasteiger partial charge >= 0.3 is 5.97 Å². The van der Waals surface area contributed by atoms with Crippen LogP contribution in [0.25, 0.3) is 6.08 Å². The van der Waals surface area contributed by atoms with Gasteiger partial charge in [-0.2, -0.15) is 0 Å². The first-order valence-corrected chi connectivity index (χ1v) is 8.71. The van der Waals surface area contributed by atoms with Gasteiger partial charge in [0.25, 0.3) is 5.91 Å². The minimum absolute atomic E-state index is 0.199. The van der Waals surface area contributed by atoms with Crippen LogP contribution in [0.2, 0.25) is 5.02 Å². The molecule has 1 amide bonds. The minimum Gasteiger partial charge on any atom is -0.480 e. The molecule has 0 radical (unpaired) electrons. The summed E-state index contributed by atoms with van der Waals surface area (Å²) >= 11 is 12.4. The molecule has 0 aliphatic carbocycles. The molecule has 4 nitrogen and oxygen atoms in total. The molecule has 122 valence electrons. The van der Waals surface area contributed by atoms with E-state index in [4.69, 9.17) is 23.8 Å². The van der Waals surface area contributed by atoms with E-state index in [9.17, 15) is 14.7 Å². The Balaban J connectivity index is 2.36. The van der Waals surface area contributed by atoms with E-state index in [1.807, 2.05) is 13.0 Å². The number of hydrogen-bond acceptors (Lipinski definition) is 4. The summed E-state index contributed by atoms with van der Waals surface area (Å²) in [5.74, 6) is -1.63. The van der Waals surface area contributed by atoms with Gasteiger partial charge in [0.15, 0.2) is 0 Å². The van der Waals surface area contributed by atoms with Crippen LogP contribution in [-0.4, -0.2) is 32.2 Å². The zero-order valence-electron chi connectivity index (χ0n) is 12.7. The SMILES string of the molecule is CC[C@H](C)[C@H](C(=O)O)N1C(=O)/C(=C/c2ccccc2Cl)SC1=S. The van der Waals surface area contributed by atoms with Crippen molar-refractivity contribution in [3.63, 3.8) is 0 Å². The fourth-order valence-electron chi connectivity index (χ4n) is 2.28. The number of carboxylic acids is 1. The summed E-state index contributed by atoms with van der Waals surface area (Å²) in [7, 11) is 0. The second-order valence-electron chi connectivity index (χ2n) is 5.24. The molecule has 1 aliphatic heterocycles. The van der Waals surface area contributed by atoms with Crippen molar-refractivity contribution in [1.82, 2.24) is 4.90 Å². The van der Waals surface area contributed by atoms with E-state index in [0.29, 0.717) is 21.9 Å². The number of aliphatic carboxylic acids is 1. The van der Waals surface area contributed by atoms with Crippen molar-refractivity contribution in [2.24, 2.45) is 5.92 Å². The van der Waals surface area contributed by atoms with Gasteiger partial charge in [0.05, 0.1) is 4.91 Å². The normalized spacial score (nSPS) is 19.3. The van der Waals surface area contributed by atoms with Gasteiger partial charge in [0.1, 0.15) is 10.4 Å². The predicted octanol–water partition coefficient (Wildman–Crippen LogP) is 4.04. The summed E-state index contributed by atoms with van der Waals surface area (Å²) in [5.41, 5.74) is 0.699. The van der Waals surface area contributed by atoms with Gasteiger partial charge in [0, 0.05) is 5.02 Å². The number of hydrogen-bond donors (Lipinski definition) is 1. The van der Waals surface area contributed by atoms with Crippen LogP contribution in [-0.2, 0) is 9.59 Å². The fourth-order valence-corrected chi connectivity index (χ4v) is 3.80. The van der Waals surface area contributed by atoms with E-state index in [2.05, 4.69) is 0 Å².